The van der Waals surface area contributed by atoms with Gasteiger partial charge in [0.05, 0.1) is 25.7 Å². The summed E-state index contributed by atoms with van der Waals surface area (Å²) in [4.78, 5) is 13.2. The number of nitrogen functional groups attached to an aromatic ring is 1. The van der Waals surface area contributed by atoms with Crippen LogP contribution >= 0.6 is 23.1 Å². The molecule has 0 saturated carbocycles. The number of nitrogens with one attached hydrogen (secondary N) is 1. The molecule has 144 valence electrons. The highest BCUT2D eigenvalue weighted by Gasteiger charge is 2.20. The van der Waals surface area contributed by atoms with Crippen LogP contribution in [0.3, 0.4) is 0 Å². The number of nitrogens with two attached hydrogens (primary N) is 1. The monoisotopic (exact) mass is 414 g/mol. The Hall–Kier alpha value is -2.78. The van der Waals surface area contributed by atoms with E-state index in [0.29, 0.717) is 11.0 Å². The van der Waals surface area contributed by atoms with Crippen molar-refractivity contribution in [1.82, 2.24) is 15.0 Å². The number of imidazole rings is 1. The number of ether oxygens (including phenoxy) is 2. The minimum atomic E-state index is 0.429. The molecular weight excluding hydrogens is 394 g/mol. The van der Waals surface area contributed by atoms with Crippen LogP contribution in [-0.4, -0.2) is 29.2 Å². The number of aromatic amines is 1. The Bertz CT molecular complexity index is 1100. The first-order valence-electron chi connectivity index (χ1n) is 8.62. The fraction of sp³-hybridized carbons (Fsp3) is 0.211. The van der Waals surface area contributed by atoms with Gasteiger partial charge < -0.3 is 20.2 Å². The maximum atomic E-state index is 6.08. The number of hydrogen-bond acceptors (Lipinski definition) is 7. The van der Waals surface area contributed by atoms with Crippen molar-refractivity contribution in [2.45, 2.75) is 23.0 Å². The highest BCUT2D eigenvalue weighted by molar-refractivity contribution is 7.99. The molecule has 1 aromatic carbocycles. The van der Waals surface area contributed by atoms with E-state index in [9.17, 15) is 0 Å². The zero-order valence-electron chi connectivity index (χ0n) is 15.5. The molecule has 0 amide bonds. The summed E-state index contributed by atoms with van der Waals surface area (Å²) in [5, 5.41) is 4.95. The number of rotatable bonds is 7. The summed E-state index contributed by atoms with van der Waals surface area (Å²) in [5.74, 6) is 1.94. The Balaban J connectivity index is 1.66. The lowest BCUT2D eigenvalue weighted by atomic mass is 10.2. The van der Waals surface area contributed by atoms with Gasteiger partial charge in [-0.3, -0.25) is 0 Å². The molecule has 0 unspecified atom stereocenters. The van der Waals surface area contributed by atoms with Gasteiger partial charge in [0.1, 0.15) is 11.5 Å². The van der Waals surface area contributed by atoms with Gasteiger partial charge in [0.15, 0.2) is 5.52 Å². The number of methoxy groups -OCH3 is 2. The third-order valence-corrected chi connectivity index (χ3v) is 5.98. The van der Waals surface area contributed by atoms with E-state index in [4.69, 9.17) is 20.2 Å². The number of aromatic nitrogens is 4. The number of thiophene rings is 1. The van der Waals surface area contributed by atoms with Crippen LogP contribution in [0.1, 0.15) is 5.56 Å². The van der Waals surface area contributed by atoms with Gasteiger partial charge >= 0.3 is 0 Å². The van der Waals surface area contributed by atoms with Gasteiger partial charge in [-0.05, 0) is 52.4 Å². The van der Waals surface area contributed by atoms with Crippen molar-refractivity contribution in [2.24, 2.45) is 0 Å². The number of hydrogen-bond donors (Lipinski definition) is 2. The van der Waals surface area contributed by atoms with Gasteiger partial charge in [-0.25, -0.2) is 4.57 Å². The number of anilines is 1. The minimum Gasteiger partial charge on any atom is -0.497 e. The van der Waals surface area contributed by atoms with E-state index in [1.165, 1.54) is 17.3 Å². The van der Waals surface area contributed by atoms with Crippen LogP contribution in [0.25, 0.3) is 11.2 Å². The third kappa shape index (κ3) is 3.76. The summed E-state index contributed by atoms with van der Waals surface area (Å²) in [7, 11) is 3.28. The Kier molecular flexibility index (Phi) is 5.36. The van der Waals surface area contributed by atoms with Crippen molar-refractivity contribution < 1.29 is 14.0 Å². The van der Waals surface area contributed by atoms with Gasteiger partial charge in [0.2, 0.25) is 17.3 Å². The van der Waals surface area contributed by atoms with Gasteiger partial charge in [-0.2, -0.15) is 11.3 Å². The average Bonchev–Trinajstić information content (AvgIpc) is 3.38. The van der Waals surface area contributed by atoms with Crippen molar-refractivity contribution in [3.05, 3.63) is 46.9 Å². The van der Waals surface area contributed by atoms with Crippen molar-refractivity contribution in [3.8, 4) is 11.5 Å². The maximum absolute atomic E-state index is 6.08. The summed E-state index contributed by atoms with van der Waals surface area (Å²) in [6.07, 6.45) is 2.65. The number of aryl methyl sites for hydroxylation is 2. The third-order valence-electron chi connectivity index (χ3n) is 4.33. The Morgan fingerprint density at radius 2 is 2.14 bits per heavy atom. The summed E-state index contributed by atoms with van der Waals surface area (Å²) in [6.45, 7) is 0.776. The Morgan fingerprint density at radius 1 is 1.25 bits per heavy atom. The second-order valence-electron chi connectivity index (χ2n) is 6.06. The highest BCUT2D eigenvalue weighted by Crippen LogP contribution is 2.36. The Labute approximate surface area is 170 Å². The maximum Gasteiger partial charge on any atom is 0.294 e. The van der Waals surface area contributed by atoms with Crippen LogP contribution in [-0.2, 0) is 13.0 Å². The molecule has 0 atom stereocenters. The predicted molar refractivity (Wildman–Crippen MR) is 110 cm³/mol. The SMILES string of the molecule is COc1ccc(OC)c(Sc2nc3c([nH]2)c(N)nc[n+]3CCc2ccsc2)c1. The molecule has 0 aliphatic rings. The van der Waals surface area contributed by atoms with Gasteiger partial charge in [-0.15, -0.1) is 0 Å². The molecule has 28 heavy (non-hydrogen) atoms. The number of fused-ring (bicyclic) bond motifs is 1. The molecule has 0 aliphatic heterocycles. The van der Waals surface area contributed by atoms with Gasteiger partial charge in [-0.1, -0.05) is 9.97 Å². The number of H-pyrrole nitrogens is 1. The molecule has 0 saturated heterocycles. The summed E-state index contributed by atoms with van der Waals surface area (Å²) >= 11 is 3.16. The van der Waals surface area contributed by atoms with Crippen LogP contribution in [0.15, 0.2) is 51.4 Å². The van der Waals surface area contributed by atoms with Crippen LogP contribution in [0.2, 0.25) is 0 Å². The molecule has 7 nitrogen and oxygen atoms in total. The lowest BCUT2D eigenvalue weighted by molar-refractivity contribution is -0.675. The molecule has 0 radical (unpaired) electrons. The lowest BCUT2D eigenvalue weighted by Crippen LogP contribution is -2.36. The fourth-order valence-corrected chi connectivity index (χ4v) is 4.47. The lowest BCUT2D eigenvalue weighted by Gasteiger charge is -2.07. The number of benzene rings is 1. The fourth-order valence-electron chi connectivity index (χ4n) is 2.84. The van der Waals surface area contributed by atoms with Crippen molar-refractivity contribution in [2.75, 3.05) is 20.0 Å². The van der Waals surface area contributed by atoms with E-state index >= 15 is 0 Å². The Morgan fingerprint density at radius 3 is 2.89 bits per heavy atom. The molecule has 0 aliphatic carbocycles. The van der Waals surface area contributed by atoms with E-state index in [1.807, 2.05) is 22.8 Å². The summed E-state index contributed by atoms with van der Waals surface area (Å²) in [5.41, 5.74) is 8.89. The average molecular weight is 415 g/mol. The van der Waals surface area contributed by atoms with E-state index in [2.05, 4.69) is 26.8 Å². The van der Waals surface area contributed by atoms with Crippen LogP contribution < -0.4 is 19.8 Å². The van der Waals surface area contributed by atoms with Crippen LogP contribution in [0.5, 0.6) is 11.5 Å². The highest BCUT2D eigenvalue weighted by atomic mass is 32.2. The van der Waals surface area contributed by atoms with Gasteiger partial charge in [0, 0.05) is 6.42 Å². The van der Waals surface area contributed by atoms with Crippen LogP contribution in [0.4, 0.5) is 5.82 Å². The molecule has 3 N–H and O–H groups in total. The second-order valence-corrected chi connectivity index (χ2v) is 7.87. The van der Waals surface area contributed by atoms with Crippen molar-refractivity contribution in [1.29, 1.82) is 0 Å². The van der Waals surface area contributed by atoms with Gasteiger partial charge in [0.25, 0.3) is 5.65 Å². The summed E-state index contributed by atoms with van der Waals surface area (Å²) < 4.78 is 12.8. The number of nitrogens with zero attached hydrogens (tertiary/aromatic N) is 3. The molecule has 4 aromatic rings. The van der Waals surface area contributed by atoms with E-state index in [0.717, 1.165) is 40.5 Å². The largest absolute Gasteiger partial charge is 0.497 e. The quantitative estimate of drug-likeness (QED) is 0.451. The van der Waals surface area contributed by atoms with Crippen molar-refractivity contribution in [3.63, 3.8) is 0 Å². The zero-order valence-corrected chi connectivity index (χ0v) is 17.1. The molecule has 0 spiro atoms. The molecular formula is C19H20N5O2S2+. The van der Waals surface area contributed by atoms with E-state index < -0.39 is 0 Å². The van der Waals surface area contributed by atoms with E-state index in [-0.39, 0.29) is 0 Å². The summed E-state index contributed by atoms with van der Waals surface area (Å²) in [6, 6.07) is 7.79. The second kappa shape index (κ2) is 8.07. The smallest absolute Gasteiger partial charge is 0.294 e. The van der Waals surface area contributed by atoms with Crippen LogP contribution in [0, 0.1) is 0 Å². The molecule has 0 bridgehead atoms. The molecule has 0 fully saturated rings. The van der Waals surface area contributed by atoms with Crippen molar-refractivity contribution >= 4 is 40.1 Å². The first-order chi connectivity index (χ1) is 13.7. The molecule has 3 heterocycles. The first kappa shape index (κ1) is 18.6. The molecule has 9 heteroatoms. The minimum absolute atomic E-state index is 0.429. The van der Waals surface area contributed by atoms with E-state index in [1.54, 1.807) is 31.9 Å². The molecule has 4 rings (SSSR count). The normalized spacial score (nSPS) is 11.1. The predicted octanol–water partition coefficient (Wildman–Crippen LogP) is 3.30. The topological polar surface area (TPSA) is 89.9 Å². The molecule has 3 aromatic heterocycles. The zero-order chi connectivity index (χ0) is 19.5. The first-order valence-corrected chi connectivity index (χ1v) is 10.4. The standard InChI is InChI=1S/C19H19N5O2S2/c1-25-13-3-4-14(26-2)15(9-13)28-19-22-16-17(20)21-11-24(18(16)23-19)7-5-12-6-8-27-10-12/h3-4,6,8-11H,5,7H2,1-2H3,(H2,20,22,23)/p+1.